The summed E-state index contributed by atoms with van der Waals surface area (Å²) >= 11 is 0. The first-order chi connectivity index (χ1) is 16.7. The highest BCUT2D eigenvalue weighted by atomic mass is 16.4. The van der Waals surface area contributed by atoms with Gasteiger partial charge in [0.1, 0.15) is 11.5 Å². The van der Waals surface area contributed by atoms with Crippen LogP contribution in [0.25, 0.3) is 56.2 Å². The molecule has 0 saturated heterocycles. The highest BCUT2D eigenvalue weighted by Crippen LogP contribution is 2.33. The van der Waals surface area contributed by atoms with Crippen LogP contribution in [-0.4, -0.2) is 24.7 Å². The molecule has 34 heavy (non-hydrogen) atoms. The van der Waals surface area contributed by atoms with Crippen LogP contribution in [0.4, 0.5) is 0 Å². The molecule has 8 nitrogen and oxygen atoms in total. The normalized spacial score (nSPS) is 13.1. The molecule has 164 valence electrons. The molecule has 5 heterocycles. The van der Waals surface area contributed by atoms with E-state index < -0.39 is 0 Å². The van der Waals surface area contributed by atoms with Gasteiger partial charge in [-0.05, 0) is 48.9 Å². The zero-order valence-electron chi connectivity index (χ0n) is 17.9. The number of furan rings is 1. The average Bonchev–Trinajstić information content (AvgIpc) is 3.65. The third kappa shape index (κ3) is 2.88. The second-order valence-electron chi connectivity index (χ2n) is 8.28. The van der Waals surface area contributed by atoms with Gasteiger partial charge in [-0.25, -0.2) is 9.97 Å². The van der Waals surface area contributed by atoms with Gasteiger partial charge >= 0.3 is 0 Å². The van der Waals surface area contributed by atoms with Crippen molar-refractivity contribution in [2.75, 3.05) is 0 Å². The summed E-state index contributed by atoms with van der Waals surface area (Å²) in [7, 11) is 0. The van der Waals surface area contributed by atoms with Crippen molar-refractivity contribution in [3.63, 3.8) is 0 Å². The molecule has 7 rings (SSSR count). The molecule has 1 aliphatic rings. The Labute approximate surface area is 192 Å². The van der Waals surface area contributed by atoms with Crippen LogP contribution in [-0.2, 0) is 13.0 Å². The second kappa shape index (κ2) is 7.21. The molecule has 0 radical (unpaired) electrons. The number of fused-ring (bicyclic) bond motifs is 3. The van der Waals surface area contributed by atoms with Crippen LogP contribution in [0.1, 0.15) is 12.2 Å². The van der Waals surface area contributed by atoms with E-state index in [9.17, 15) is 4.79 Å². The van der Waals surface area contributed by atoms with E-state index in [4.69, 9.17) is 18.8 Å². The highest BCUT2D eigenvalue weighted by molar-refractivity contribution is 5.94. The molecule has 0 unspecified atom stereocenters. The predicted molar refractivity (Wildman–Crippen MR) is 126 cm³/mol. The van der Waals surface area contributed by atoms with E-state index in [-0.39, 0.29) is 5.56 Å². The summed E-state index contributed by atoms with van der Waals surface area (Å²) in [6.07, 6.45) is 3.37. The van der Waals surface area contributed by atoms with Crippen molar-refractivity contribution in [3.8, 4) is 34.4 Å². The molecule has 0 fully saturated rings. The minimum Gasteiger partial charge on any atom is -0.463 e. The Kier molecular flexibility index (Phi) is 4.01. The van der Waals surface area contributed by atoms with Gasteiger partial charge in [-0.1, -0.05) is 18.2 Å². The van der Waals surface area contributed by atoms with Crippen LogP contribution in [0.5, 0.6) is 0 Å². The van der Waals surface area contributed by atoms with Gasteiger partial charge in [-0.2, -0.15) is 0 Å². The molecule has 0 atom stereocenters. The summed E-state index contributed by atoms with van der Waals surface area (Å²) in [4.78, 5) is 22.2. The number of hydrogen-bond donors (Lipinski definition) is 0. The van der Waals surface area contributed by atoms with Crippen LogP contribution < -0.4 is 5.56 Å². The molecule has 6 aromatic rings. The standard InChI is InChI=1S/C26H17N5O3/c32-26-17-10-9-15(13-20(17)28-23-8-3-11-31(23)26)24-29-30-25(34-24)18-14-21(22-7-4-12-33-22)27-19-6-2-1-5-16(18)19/h1-2,4-7,9-10,12-14H,3,8,11H2. The first kappa shape index (κ1) is 18.9. The Hall–Kier alpha value is -4.59. The van der Waals surface area contributed by atoms with Gasteiger partial charge in [-0.15, -0.1) is 10.2 Å². The van der Waals surface area contributed by atoms with Gasteiger partial charge in [0.05, 0.1) is 28.2 Å². The SMILES string of the molecule is O=c1c2ccc(-c3nnc(-c4cc(-c5ccco5)nc5ccccc45)o3)cc2nc2n1CCC2. The Morgan fingerprint density at radius 3 is 2.68 bits per heavy atom. The minimum absolute atomic E-state index is 0.00368. The largest absolute Gasteiger partial charge is 0.463 e. The summed E-state index contributed by atoms with van der Waals surface area (Å²) in [5, 5.41) is 10.1. The van der Waals surface area contributed by atoms with Crippen molar-refractivity contribution < 1.29 is 8.83 Å². The molecule has 1 aliphatic heterocycles. The highest BCUT2D eigenvalue weighted by Gasteiger charge is 2.19. The lowest BCUT2D eigenvalue weighted by Crippen LogP contribution is -2.20. The zero-order chi connectivity index (χ0) is 22.6. The van der Waals surface area contributed by atoms with E-state index in [2.05, 4.69) is 10.2 Å². The maximum atomic E-state index is 12.8. The van der Waals surface area contributed by atoms with Crippen LogP contribution in [0.15, 0.2) is 80.6 Å². The lowest BCUT2D eigenvalue weighted by Gasteiger charge is -2.06. The molecule has 0 amide bonds. The van der Waals surface area contributed by atoms with Gasteiger partial charge < -0.3 is 8.83 Å². The first-order valence-electron chi connectivity index (χ1n) is 11.1. The quantitative estimate of drug-likeness (QED) is 0.382. The molecule has 4 aromatic heterocycles. The molecule has 0 N–H and O–H groups in total. The van der Waals surface area contributed by atoms with Gasteiger partial charge in [0, 0.05) is 23.9 Å². The summed E-state index contributed by atoms with van der Waals surface area (Å²) in [5.74, 6) is 2.23. The van der Waals surface area contributed by atoms with Crippen molar-refractivity contribution in [1.82, 2.24) is 24.7 Å². The number of hydrogen-bond acceptors (Lipinski definition) is 7. The molecule has 2 aromatic carbocycles. The number of nitrogens with zero attached hydrogens (tertiary/aromatic N) is 5. The molecular formula is C26H17N5O3. The number of pyridine rings is 1. The molecule has 0 spiro atoms. The first-order valence-corrected chi connectivity index (χ1v) is 11.1. The van der Waals surface area contributed by atoms with E-state index in [1.165, 1.54) is 0 Å². The number of para-hydroxylation sites is 1. The minimum atomic E-state index is 0.00368. The lowest BCUT2D eigenvalue weighted by atomic mass is 10.1. The van der Waals surface area contributed by atoms with Crippen LogP contribution in [0, 0.1) is 0 Å². The summed E-state index contributed by atoms with van der Waals surface area (Å²) in [6.45, 7) is 0.728. The molecular weight excluding hydrogens is 430 g/mol. The number of aryl methyl sites for hydroxylation is 1. The number of rotatable bonds is 3. The van der Waals surface area contributed by atoms with Crippen molar-refractivity contribution in [2.24, 2.45) is 0 Å². The Bertz CT molecular complexity index is 1770. The summed E-state index contributed by atoms with van der Waals surface area (Å²) in [5.41, 5.74) is 3.61. The summed E-state index contributed by atoms with van der Waals surface area (Å²) in [6, 6.07) is 18.8. The predicted octanol–water partition coefficient (Wildman–Crippen LogP) is 4.87. The van der Waals surface area contributed by atoms with E-state index in [0.717, 1.165) is 41.7 Å². The molecule has 0 bridgehead atoms. The molecule has 8 heteroatoms. The van der Waals surface area contributed by atoms with Crippen LogP contribution in [0.2, 0.25) is 0 Å². The van der Waals surface area contributed by atoms with Gasteiger partial charge in [0.15, 0.2) is 5.76 Å². The van der Waals surface area contributed by atoms with Crippen LogP contribution >= 0.6 is 0 Å². The zero-order valence-corrected chi connectivity index (χ0v) is 17.9. The Balaban J connectivity index is 1.36. The molecule has 0 aliphatic carbocycles. The fraction of sp³-hybridized carbons (Fsp3) is 0.115. The Morgan fingerprint density at radius 1 is 0.853 bits per heavy atom. The maximum absolute atomic E-state index is 12.8. The van der Waals surface area contributed by atoms with Crippen molar-refractivity contribution >= 4 is 21.8 Å². The van der Waals surface area contributed by atoms with E-state index >= 15 is 0 Å². The van der Waals surface area contributed by atoms with E-state index in [0.29, 0.717) is 39.7 Å². The number of benzene rings is 2. The fourth-order valence-electron chi connectivity index (χ4n) is 4.57. The third-order valence-corrected chi connectivity index (χ3v) is 6.21. The lowest BCUT2D eigenvalue weighted by molar-refractivity contribution is 0.579. The van der Waals surface area contributed by atoms with Crippen molar-refractivity contribution in [3.05, 3.63) is 83.1 Å². The third-order valence-electron chi connectivity index (χ3n) is 6.21. The van der Waals surface area contributed by atoms with Gasteiger partial charge in [0.2, 0.25) is 11.8 Å². The average molecular weight is 447 g/mol. The van der Waals surface area contributed by atoms with Gasteiger partial charge in [0.25, 0.3) is 5.56 Å². The number of aromatic nitrogens is 5. The van der Waals surface area contributed by atoms with E-state index in [1.807, 2.05) is 54.6 Å². The topological polar surface area (TPSA) is 99.8 Å². The smallest absolute Gasteiger partial charge is 0.261 e. The Morgan fingerprint density at radius 2 is 1.76 bits per heavy atom. The van der Waals surface area contributed by atoms with Gasteiger partial charge in [-0.3, -0.25) is 9.36 Å². The van der Waals surface area contributed by atoms with Crippen molar-refractivity contribution in [1.29, 1.82) is 0 Å². The molecule has 0 saturated carbocycles. The second-order valence-corrected chi connectivity index (χ2v) is 8.28. The fourth-order valence-corrected chi connectivity index (χ4v) is 4.57. The maximum Gasteiger partial charge on any atom is 0.261 e. The monoisotopic (exact) mass is 447 g/mol. The van der Waals surface area contributed by atoms with Crippen LogP contribution in [0.3, 0.4) is 0 Å². The summed E-state index contributed by atoms with van der Waals surface area (Å²) < 4.78 is 13.4. The van der Waals surface area contributed by atoms with Crippen molar-refractivity contribution in [2.45, 2.75) is 19.4 Å². The van der Waals surface area contributed by atoms with E-state index in [1.54, 1.807) is 16.9 Å².